The van der Waals surface area contributed by atoms with Gasteiger partial charge in [0.2, 0.25) is 5.82 Å². The fourth-order valence-corrected chi connectivity index (χ4v) is 2.45. The van der Waals surface area contributed by atoms with E-state index in [2.05, 4.69) is 6.92 Å². The number of benzene rings is 2. The Balaban J connectivity index is 1.91. The smallest absolute Gasteiger partial charge is 0.202 e. The predicted octanol–water partition coefficient (Wildman–Crippen LogP) is 5.54. The number of hydrogen-bond acceptors (Lipinski definition) is 2. The summed E-state index contributed by atoms with van der Waals surface area (Å²) in [6.45, 7) is 2.34. The maximum Gasteiger partial charge on any atom is 0.202 e. The minimum absolute atomic E-state index is 0.151. The molecule has 0 saturated carbocycles. The molecule has 0 N–H and O–H groups in total. The fraction of sp³-hybridized carbons (Fsp3) is 0.350. The number of nitrogens with zero attached hydrogens (tertiary/aromatic N) is 1. The van der Waals surface area contributed by atoms with Crippen LogP contribution in [-0.4, -0.2) is 0 Å². The molecule has 2 aromatic rings. The standard InChI is InChI=1S/C20H21F2NO/c1-2-3-4-5-6-15-7-9-16(10-8-15)14-24-18-12-11-17(13-23)19(21)20(18)22/h7-12H,2-6,14H2,1H3. The van der Waals surface area contributed by atoms with Gasteiger partial charge in [-0.15, -0.1) is 0 Å². The Morgan fingerprint density at radius 3 is 2.29 bits per heavy atom. The van der Waals surface area contributed by atoms with Gasteiger partial charge in [-0.2, -0.15) is 9.65 Å². The highest BCUT2D eigenvalue weighted by Crippen LogP contribution is 2.23. The lowest BCUT2D eigenvalue weighted by atomic mass is 10.0. The van der Waals surface area contributed by atoms with E-state index in [-0.39, 0.29) is 17.9 Å². The second-order valence-electron chi connectivity index (χ2n) is 5.77. The van der Waals surface area contributed by atoms with E-state index < -0.39 is 11.6 Å². The van der Waals surface area contributed by atoms with Crippen LogP contribution in [0.1, 0.15) is 49.3 Å². The molecule has 4 heteroatoms. The van der Waals surface area contributed by atoms with Crippen LogP contribution in [0.2, 0.25) is 0 Å². The first-order valence-corrected chi connectivity index (χ1v) is 8.24. The average molecular weight is 329 g/mol. The molecule has 24 heavy (non-hydrogen) atoms. The highest BCUT2D eigenvalue weighted by molar-refractivity contribution is 5.37. The van der Waals surface area contributed by atoms with Crippen molar-refractivity contribution >= 4 is 0 Å². The monoisotopic (exact) mass is 329 g/mol. The lowest BCUT2D eigenvalue weighted by Gasteiger charge is -2.09. The molecule has 0 unspecified atom stereocenters. The maximum atomic E-state index is 13.8. The molecule has 0 radical (unpaired) electrons. The van der Waals surface area contributed by atoms with Gasteiger partial charge in [0.05, 0.1) is 5.56 Å². The molecule has 0 fully saturated rings. The summed E-state index contributed by atoms with van der Waals surface area (Å²) in [5.41, 5.74) is 1.83. The number of nitriles is 1. The Hall–Kier alpha value is -2.41. The molecule has 0 heterocycles. The lowest BCUT2D eigenvalue weighted by Crippen LogP contribution is -2.00. The maximum absolute atomic E-state index is 13.8. The molecule has 0 aliphatic heterocycles. The largest absolute Gasteiger partial charge is 0.486 e. The summed E-state index contributed by atoms with van der Waals surface area (Å²) in [5, 5.41) is 8.66. The molecule has 0 aliphatic carbocycles. The first kappa shape index (κ1) is 17.9. The highest BCUT2D eigenvalue weighted by atomic mass is 19.2. The number of unbranched alkanes of at least 4 members (excludes halogenated alkanes) is 3. The van der Waals surface area contributed by atoms with Crippen LogP contribution in [0.5, 0.6) is 5.75 Å². The molecule has 0 atom stereocenters. The average Bonchev–Trinajstić information content (AvgIpc) is 2.61. The van der Waals surface area contributed by atoms with E-state index in [4.69, 9.17) is 10.00 Å². The van der Waals surface area contributed by atoms with Crippen molar-refractivity contribution in [3.63, 3.8) is 0 Å². The van der Waals surface area contributed by atoms with E-state index in [0.29, 0.717) is 0 Å². The zero-order chi connectivity index (χ0) is 17.4. The summed E-state index contributed by atoms with van der Waals surface area (Å²) in [7, 11) is 0. The van der Waals surface area contributed by atoms with Crippen molar-refractivity contribution in [3.8, 4) is 11.8 Å². The van der Waals surface area contributed by atoms with Crippen LogP contribution in [0.4, 0.5) is 8.78 Å². The van der Waals surface area contributed by atoms with Crippen LogP contribution >= 0.6 is 0 Å². The van der Waals surface area contributed by atoms with Gasteiger partial charge in [0, 0.05) is 0 Å². The van der Waals surface area contributed by atoms with E-state index >= 15 is 0 Å². The van der Waals surface area contributed by atoms with E-state index in [1.807, 2.05) is 24.3 Å². The molecular formula is C20H21F2NO. The van der Waals surface area contributed by atoms with Gasteiger partial charge < -0.3 is 4.74 Å². The molecule has 0 aliphatic rings. The first-order chi connectivity index (χ1) is 11.7. The normalized spacial score (nSPS) is 10.4. The Kier molecular flexibility index (Phi) is 6.74. The van der Waals surface area contributed by atoms with E-state index in [9.17, 15) is 8.78 Å². The third kappa shape index (κ3) is 4.79. The van der Waals surface area contributed by atoms with Crippen molar-refractivity contribution in [2.45, 2.75) is 45.6 Å². The number of halogens is 2. The van der Waals surface area contributed by atoms with Crippen LogP contribution in [-0.2, 0) is 13.0 Å². The predicted molar refractivity (Wildman–Crippen MR) is 89.7 cm³/mol. The van der Waals surface area contributed by atoms with Gasteiger partial charge in [-0.3, -0.25) is 0 Å². The van der Waals surface area contributed by atoms with Gasteiger partial charge in [0.1, 0.15) is 12.7 Å². The minimum Gasteiger partial charge on any atom is -0.486 e. The van der Waals surface area contributed by atoms with Gasteiger partial charge in [-0.05, 0) is 36.1 Å². The topological polar surface area (TPSA) is 33.0 Å². The molecular weight excluding hydrogens is 308 g/mol. The van der Waals surface area contributed by atoms with Gasteiger partial charge in [0.25, 0.3) is 0 Å². The molecule has 2 nitrogen and oxygen atoms in total. The fourth-order valence-electron chi connectivity index (χ4n) is 2.45. The van der Waals surface area contributed by atoms with E-state index in [1.165, 1.54) is 43.4 Å². The number of ether oxygens (including phenoxy) is 1. The third-order valence-electron chi connectivity index (χ3n) is 3.90. The summed E-state index contributed by atoms with van der Waals surface area (Å²) in [5.74, 6) is -2.48. The van der Waals surface area contributed by atoms with Crippen molar-refractivity contribution in [1.82, 2.24) is 0 Å². The van der Waals surface area contributed by atoms with Crippen LogP contribution < -0.4 is 4.74 Å². The number of hydrogen-bond donors (Lipinski definition) is 0. The van der Waals surface area contributed by atoms with Gasteiger partial charge >= 0.3 is 0 Å². The Morgan fingerprint density at radius 2 is 1.62 bits per heavy atom. The first-order valence-electron chi connectivity index (χ1n) is 8.24. The van der Waals surface area contributed by atoms with Crippen molar-refractivity contribution in [1.29, 1.82) is 5.26 Å². The summed E-state index contributed by atoms with van der Waals surface area (Å²) in [6, 6.07) is 12.0. The highest BCUT2D eigenvalue weighted by Gasteiger charge is 2.14. The third-order valence-corrected chi connectivity index (χ3v) is 3.90. The molecule has 2 aromatic carbocycles. The second kappa shape index (κ2) is 9.02. The quantitative estimate of drug-likeness (QED) is 0.596. The number of rotatable bonds is 8. The van der Waals surface area contributed by atoms with Crippen LogP contribution in [0.3, 0.4) is 0 Å². The number of aryl methyl sites for hydroxylation is 1. The second-order valence-corrected chi connectivity index (χ2v) is 5.77. The van der Waals surface area contributed by atoms with Gasteiger partial charge in [-0.25, -0.2) is 4.39 Å². The summed E-state index contributed by atoms with van der Waals surface area (Å²) < 4.78 is 32.6. The lowest BCUT2D eigenvalue weighted by molar-refractivity contribution is 0.284. The zero-order valence-corrected chi connectivity index (χ0v) is 13.8. The van der Waals surface area contributed by atoms with Crippen LogP contribution in [0.25, 0.3) is 0 Å². The molecule has 0 saturated heterocycles. The molecule has 126 valence electrons. The van der Waals surface area contributed by atoms with Gasteiger partial charge in [-0.1, -0.05) is 50.5 Å². The summed E-state index contributed by atoms with van der Waals surface area (Å²) in [6.07, 6.45) is 5.96. The summed E-state index contributed by atoms with van der Waals surface area (Å²) >= 11 is 0. The van der Waals surface area contributed by atoms with Crippen molar-refractivity contribution in [2.75, 3.05) is 0 Å². The molecule has 2 rings (SSSR count). The van der Waals surface area contributed by atoms with Crippen molar-refractivity contribution in [2.24, 2.45) is 0 Å². The molecule has 0 bridgehead atoms. The van der Waals surface area contributed by atoms with E-state index in [0.717, 1.165) is 12.0 Å². The molecule has 0 amide bonds. The van der Waals surface area contributed by atoms with E-state index in [1.54, 1.807) is 6.07 Å². The molecule has 0 spiro atoms. The minimum atomic E-state index is -1.17. The van der Waals surface area contributed by atoms with Gasteiger partial charge in [0.15, 0.2) is 11.6 Å². The Bertz CT molecular complexity index is 705. The van der Waals surface area contributed by atoms with Crippen molar-refractivity contribution < 1.29 is 13.5 Å². The Morgan fingerprint density at radius 1 is 0.917 bits per heavy atom. The molecule has 0 aromatic heterocycles. The van der Waals surface area contributed by atoms with Crippen molar-refractivity contribution in [3.05, 3.63) is 64.7 Å². The zero-order valence-electron chi connectivity index (χ0n) is 13.8. The van der Waals surface area contributed by atoms with Crippen LogP contribution in [0.15, 0.2) is 36.4 Å². The summed E-state index contributed by atoms with van der Waals surface area (Å²) in [4.78, 5) is 0. The Labute approximate surface area is 141 Å². The SMILES string of the molecule is CCCCCCc1ccc(COc2ccc(C#N)c(F)c2F)cc1. The van der Waals surface area contributed by atoms with Crippen LogP contribution in [0, 0.1) is 23.0 Å².